The lowest BCUT2D eigenvalue weighted by atomic mass is 10.2. The van der Waals surface area contributed by atoms with Gasteiger partial charge in [0.1, 0.15) is 0 Å². The molecule has 106 valence electrons. The van der Waals surface area contributed by atoms with Crippen molar-refractivity contribution in [3.8, 4) is 0 Å². The first-order chi connectivity index (χ1) is 9.75. The van der Waals surface area contributed by atoms with Crippen LogP contribution in [-0.2, 0) is 22.7 Å². The predicted molar refractivity (Wildman–Crippen MR) is 74.5 cm³/mol. The summed E-state index contributed by atoms with van der Waals surface area (Å²) in [5.74, 6) is 0. The van der Waals surface area contributed by atoms with Crippen LogP contribution in [0.2, 0.25) is 0 Å². The summed E-state index contributed by atoms with van der Waals surface area (Å²) in [6.45, 7) is 0.432. The van der Waals surface area contributed by atoms with E-state index in [0.29, 0.717) is 0 Å². The molecule has 0 bridgehead atoms. The Bertz CT molecular complexity index is 439. The summed E-state index contributed by atoms with van der Waals surface area (Å²) < 4.78 is 10.3. The van der Waals surface area contributed by atoms with Crippen molar-refractivity contribution in [2.75, 3.05) is 0 Å². The number of rotatable bonds is 7. The van der Waals surface area contributed by atoms with Gasteiger partial charge in [0, 0.05) is 0 Å². The van der Waals surface area contributed by atoms with Crippen LogP contribution >= 0.6 is 0 Å². The Kier molecular flexibility index (Phi) is 5.70. The van der Waals surface area contributed by atoms with Crippen LogP contribution in [0, 0.1) is 0 Å². The SMILES string of the molecule is O[C@@H](OCc1ccccc1)[C@@H](O)OCc1ccccc1. The second kappa shape index (κ2) is 7.77. The maximum absolute atomic E-state index is 9.66. The zero-order valence-electron chi connectivity index (χ0n) is 11.1. The van der Waals surface area contributed by atoms with Crippen LogP contribution in [0.25, 0.3) is 0 Å². The highest BCUT2D eigenvalue weighted by Crippen LogP contribution is 2.08. The standard InChI is InChI=1S/C16H18O4/c17-15(19-11-13-7-3-1-4-8-13)16(18)20-12-14-9-5-2-6-10-14/h1-10,15-18H,11-12H2/t15-,16-/m0/s1. The summed E-state index contributed by atoms with van der Waals surface area (Å²) in [4.78, 5) is 0. The third kappa shape index (κ3) is 4.75. The minimum atomic E-state index is -1.38. The second-order valence-electron chi connectivity index (χ2n) is 4.37. The smallest absolute Gasteiger partial charge is 0.207 e. The highest BCUT2D eigenvalue weighted by molar-refractivity contribution is 5.14. The Labute approximate surface area is 118 Å². The van der Waals surface area contributed by atoms with Crippen molar-refractivity contribution in [2.24, 2.45) is 0 Å². The van der Waals surface area contributed by atoms with Gasteiger partial charge in [0.05, 0.1) is 13.2 Å². The van der Waals surface area contributed by atoms with Gasteiger partial charge in [-0.05, 0) is 11.1 Å². The fourth-order valence-corrected chi connectivity index (χ4v) is 1.68. The Morgan fingerprint density at radius 1 is 0.650 bits per heavy atom. The van der Waals surface area contributed by atoms with Gasteiger partial charge >= 0.3 is 0 Å². The van der Waals surface area contributed by atoms with E-state index in [-0.39, 0.29) is 13.2 Å². The molecule has 2 aromatic rings. The molecule has 0 aliphatic carbocycles. The van der Waals surface area contributed by atoms with E-state index in [4.69, 9.17) is 9.47 Å². The zero-order valence-corrected chi connectivity index (χ0v) is 11.1. The molecule has 0 aromatic heterocycles. The van der Waals surface area contributed by atoms with Crippen LogP contribution < -0.4 is 0 Å². The lowest BCUT2D eigenvalue weighted by Gasteiger charge is -2.18. The molecular weight excluding hydrogens is 256 g/mol. The van der Waals surface area contributed by atoms with Gasteiger partial charge < -0.3 is 19.7 Å². The summed E-state index contributed by atoms with van der Waals surface area (Å²) in [6.07, 6.45) is -2.75. The molecular formula is C16H18O4. The summed E-state index contributed by atoms with van der Waals surface area (Å²) in [7, 11) is 0. The Morgan fingerprint density at radius 2 is 1.00 bits per heavy atom. The molecule has 0 fully saturated rings. The van der Waals surface area contributed by atoms with E-state index in [1.165, 1.54) is 0 Å². The molecule has 4 nitrogen and oxygen atoms in total. The van der Waals surface area contributed by atoms with Crippen LogP contribution in [-0.4, -0.2) is 22.8 Å². The number of aliphatic hydroxyl groups is 2. The van der Waals surface area contributed by atoms with Crippen LogP contribution in [0.15, 0.2) is 60.7 Å². The molecule has 0 saturated carbocycles. The fourth-order valence-electron chi connectivity index (χ4n) is 1.68. The van der Waals surface area contributed by atoms with E-state index in [1.807, 2.05) is 60.7 Å². The summed E-state index contributed by atoms with van der Waals surface area (Å²) in [5, 5.41) is 19.3. The minimum Gasteiger partial charge on any atom is -0.364 e. The maximum atomic E-state index is 9.66. The van der Waals surface area contributed by atoms with Crippen molar-refractivity contribution in [3.63, 3.8) is 0 Å². The molecule has 0 heterocycles. The highest BCUT2D eigenvalue weighted by atomic mass is 16.7. The van der Waals surface area contributed by atoms with Gasteiger partial charge in [-0.15, -0.1) is 0 Å². The molecule has 2 N–H and O–H groups in total. The van der Waals surface area contributed by atoms with Crippen molar-refractivity contribution in [1.29, 1.82) is 0 Å². The van der Waals surface area contributed by atoms with Crippen molar-refractivity contribution < 1.29 is 19.7 Å². The first kappa shape index (κ1) is 14.7. The van der Waals surface area contributed by atoms with Gasteiger partial charge in [0.15, 0.2) is 0 Å². The van der Waals surface area contributed by atoms with Crippen molar-refractivity contribution in [3.05, 3.63) is 71.8 Å². The van der Waals surface area contributed by atoms with E-state index < -0.39 is 12.6 Å². The van der Waals surface area contributed by atoms with Gasteiger partial charge in [-0.1, -0.05) is 60.7 Å². The normalized spacial score (nSPS) is 13.9. The van der Waals surface area contributed by atoms with Crippen molar-refractivity contribution >= 4 is 0 Å². The predicted octanol–water partition coefficient (Wildman–Crippen LogP) is 2.06. The van der Waals surface area contributed by atoms with Gasteiger partial charge in [-0.3, -0.25) is 0 Å². The first-order valence-corrected chi connectivity index (χ1v) is 6.43. The molecule has 0 saturated heterocycles. The van der Waals surface area contributed by atoms with Gasteiger partial charge in [0.25, 0.3) is 0 Å². The third-order valence-electron chi connectivity index (χ3n) is 2.77. The van der Waals surface area contributed by atoms with E-state index in [9.17, 15) is 10.2 Å². The Balaban J connectivity index is 1.73. The molecule has 0 amide bonds. The van der Waals surface area contributed by atoms with E-state index in [1.54, 1.807) is 0 Å². The average molecular weight is 274 g/mol. The van der Waals surface area contributed by atoms with Crippen molar-refractivity contribution in [2.45, 2.75) is 25.8 Å². The number of hydrogen-bond acceptors (Lipinski definition) is 4. The number of ether oxygens (including phenoxy) is 2. The second-order valence-corrected chi connectivity index (χ2v) is 4.37. The molecule has 2 atom stereocenters. The number of aliphatic hydroxyl groups excluding tert-OH is 2. The minimum absolute atomic E-state index is 0.216. The molecule has 2 rings (SSSR count). The third-order valence-corrected chi connectivity index (χ3v) is 2.77. The monoisotopic (exact) mass is 274 g/mol. The zero-order chi connectivity index (χ0) is 14.2. The van der Waals surface area contributed by atoms with E-state index in [2.05, 4.69) is 0 Å². The molecule has 0 radical (unpaired) electrons. The van der Waals surface area contributed by atoms with Crippen molar-refractivity contribution in [1.82, 2.24) is 0 Å². The molecule has 0 spiro atoms. The quantitative estimate of drug-likeness (QED) is 0.759. The molecule has 0 aliphatic rings. The largest absolute Gasteiger partial charge is 0.364 e. The molecule has 0 unspecified atom stereocenters. The van der Waals surface area contributed by atoms with Crippen LogP contribution in [0.3, 0.4) is 0 Å². The summed E-state index contributed by atoms with van der Waals surface area (Å²) in [6, 6.07) is 18.8. The van der Waals surface area contributed by atoms with Crippen LogP contribution in [0.5, 0.6) is 0 Å². The maximum Gasteiger partial charge on any atom is 0.207 e. The van der Waals surface area contributed by atoms with E-state index >= 15 is 0 Å². The lowest BCUT2D eigenvalue weighted by Crippen LogP contribution is -2.31. The Morgan fingerprint density at radius 3 is 1.35 bits per heavy atom. The summed E-state index contributed by atoms with van der Waals surface area (Å²) >= 11 is 0. The number of benzene rings is 2. The van der Waals surface area contributed by atoms with Gasteiger partial charge in [-0.2, -0.15) is 0 Å². The fraction of sp³-hybridized carbons (Fsp3) is 0.250. The first-order valence-electron chi connectivity index (χ1n) is 6.43. The molecule has 0 aliphatic heterocycles. The number of hydrogen-bond donors (Lipinski definition) is 2. The van der Waals surface area contributed by atoms with Crippen LogP contribution in [0.1, 0.15) is 11.1 Å². The molecule has 2 aromatic carbocycles. The average Bonchev–Trinajstić information content (AvgIpc) is 2.52. The van der Waals surface area contributed by atoms with Gasteiger partial charge in [-0.25, -0.2) is 0 Å². The molecule has 20 heavy (non-hydrogen) atoms. The summed E-state index contributed by atoms with van der Waals surface area (Å²) in [5.41, 5.74) is 1.84. The highest BCUT2D eigenvalue weighted by Gasteiger charge is 2.17. The van der Waals surface area contributed by atoms with Gasteiger partial charge in [0.2, 0.25) is 12.6 Å². The topological polar surface area (TPSA) is 58.9 Å². The van der Waals surface area contributed by atoms with E-state index in [0.717, 1.165) is 11.1 Å². The lowest BCUT2D eigenvalue weighted by molar-refractivity contribution is -0.259. The molecule has 4 heteroatoms. The Hall–Kier alpha value is -1.72. The van der Waals surface area contributed by atoms with Crippen LogP contribution in [0.4, 0.5) is 0 Å².